The Morgan fingerprint density at radius 2 is 2.50 bits per heavy atom. The third kappa shape index (κ3) is 3.20. The van der Waals surface area contributed by atoms with Gasteiger partial charge in [-0.15, -0.1) is 23.7 Å². The lowest BCUT2D eigenvalue weighted by atomic mass is 10.2. The van der Waals surface area contributed by atoms with Crippen LogP contribution in [0.4, 0.5) is 0 Å². The number of hydrogen-bond acceptors (Lipinski definition) is 3. The number of hydrogen-bond donors (Lipinski definition) is 1. The van der Waals surface area contributed by atoms with Crippen molar-refractivity contribution in [2.75, 3.05) is 19.6 Å². The highest BCUT2D eigenvalue weighted by Gasteiger charge is 2.22. The maximum absolute atomic E-state index is 12.0. The quantitative estimate of drug-likeness (QED) is 0.875. The molecule has 0 unspecified atom stereocenters. The largest absolute Gasteiger partial charge is 0.337 e. The van der Waals surface area contributed by atoms with Crippen LogP contribution in [-0.4, -0.2) is 36.5 Å². The Labute approximate surface area is 106 Å². The summed E-state index contributed by atoms with van der Waals surface area (Å²) in [6, 6.07) is 4.34. The molecule has 1 fully saturated rings. The van der Waals surface area contributed by atoms with E-state index in [2.05, 4.69) is 12.2 Å². The average molecular weight is 261 g/mol. The van der Waals surface area contributed by atoms with Crippen molar-refractivity contribution in [2.45, 2.75) is 19.4 Å². The van der Waals surface area contributed by atoms with Gasteiger partial charge in [0.2, 0.25) is 5.91 Å². The second-order valence-electron chi connectivity index (χ2n) is 3.90. The van der Waals surface area contributed by atoms with Crippen LogP contribution in [0, 0.1) is 0 Å². The summed E-state index contributed by atoms with van der Waals surface area (Å²) in [5, 5.41) is 5.30. The van der Waals surface area contributed by atoms with Gasteiger partial charge in [0.05, 0.1) is 6.42 Å². The molecule has 1 aliphatic rings. The lowest BCUT2D eigenvalue weighted by Crippen LogP contribution is -2.52. The van der Waals surface area contributed by atoms with Crippen LogP contribution in [-0.2, 0) is 11.2 Å². The predicted octanol–water partition coefficient (Wildman–Crippen LogP) is 1.53. The summed E-state index contributed by atoms with van der Waals surface area (Å²) in [4.78, 5) is 15.1. The van der Waals surface area contributed by atoms with Crippen molar-refractivity contribution in [1.29, 1.82) is 0 Å². The third-order valence-electron chi connectivity index (χ3n) is 2.73. The fourth-order valence-electron chi connectivity index (χ4n) is 1.88. The highest BCUT2D eigenvalue weighted by molar-refractivity contribution is 7.10. The van der Waals surface area contributed by atoms with Gasteiger partial charge in [-0.1, -0.05) is 6.07 Å². The van der Waals surface area contributed by atoms with Crippen LogP contribution in [0.15, 0.2) is 17.5 Å². The second kappa shape index (κ2) is 6.23. The molecule has 0 bridgehead atoms. The number of piperazine rings is 1. The van der Waals surface area contributed by atoms with Gasteiger partial charge in [-0.05, 0) is 18.4 Å². The van der Waals surface area contributed by atoms with Gasteiger partial charge in [0.15, 0.2) is 0 Å². The van der Waals surface area contributed by atoms with Gasteiger partial charge in [0.25, 0.3) is 0 Å². The maximum atomic E-state index is 12.0. The molecule has 90 valence electrons. The number of halogens is 1. The summed E-state index contributed by atoms with van der Waals surface area (Å²) in [5.41, 5.74) is 0. The zero-order chi connectivity index (χ0) is 10.7. The molecule has 1 aromatic rings. The molecule has 0 spiro atoms. The molecular weight excluding hydrogens is 244 g/mol. The SMILES string of the molecule is C[C@@H]1CNCCN1C(=O)Cc1cccs1.Cl. The second-order valence-corrected chi connectivity index (χ2v) is 4.93. The molecule has 1 amide bonds. The van der Waals surface area contributed by atoms with Gasteiger partial charge in [-0.25, -0.2) is 0 Å². The van der Waals surface area contributed by atoms with E-state index in [1.165, 1.54) is 0 Å². The van der Waals surface area contributed by atoms with Gasteiger partial charge in [-0.2, -0.15) is 0 Å². The van der Waals surface area contributed by atoms with Crippen molar-refractivity contribution < 1.29 is 4.79 Å². The molecule has 2 rings (SSSR count). The molecular formula is C11H17ClN2OS. The fourth-order valence-corrected chi connectivity index (χ4v) is 2.57. The van der Waals surface area contributed by atoms with Crippen molar-refractivity contribution in [3.05, 3.63) is 22.4 Å². The molecule has 2 heterocycles. The van der Waals surface area contributed by atoms with Gasteiger partial charge in [0.1, 0.15) is 0 Å². The first-order valence-corrected chi connectivity index (χ1v) is 6.18. The molecule has 0 aliphatic carbocycles. The first-order chi connectivity index (χ1) is 7.27. The standard InChI is InChI=1S/C11H16N2OS.ClH/c1-9-8-12-4-5-13(9)11(14)7-10-3-2-6-15-10;/h2-3,6,9,12H,4-5,7-8H2,1H3;1H/t9-;/m1./s1. The van der Waals surface area contributed by atoms with E-state index in [1.54, 1.807) is 11.3 Å². The summed E-state index contributed by atoms with van der Waals surface area (Å²) < 4.78 is 0. The normalized spacial score (nSPS) is 20.3. The Morgan fingerprint density at radius 3 is 3.12 bits per heavy atom. The van der Waals surface area contributed by atoms with Crippen LogP contribution >= 0.6 is 23.7 Å². The molecule has 5 heteroatoms. The summed E-state index contributed by atoms with van der Waals surface area (Å²) in [6.07, 6.45) is 0.558. The molecule has 16 heavy (non-hydrogen) atoms. The molecule has 1 aliphatic heterocycles. The van der Waals surface area contributed by atoms with Gasteiger partial charge in [-0.3, -0.25) is 4.79 Å². The summed E-state index contributed by atoms with van der Waals surface area (Å²) >= 11 is 1.65. The minimum absolute atomic E-state index is 0. The first kappa shape index (κ1) is 13.5. The molecule has 0 aromatic carbocycles. The number of amides is 1. The van der Waals surface area contributed by atoms with E-state index in [-0.39, 0.29) is 18.3 Å². The Hall–Kier alpha value is -0.580. The third-order valence-corrected chi connectivity index (χ3v) is 3.60. The summed E-state index contributed by atoms with van der Waals surface area (Å²) in [5.74, 6) is 0.256. The van der Waals surface area contributed by atoms with Gasteiger partial charge >= 0.3 is 0 Å². The Balaban J connectivity index is 0.00000128. The lowest BCUT2D eigenvalue weighted by molar-refractivity contribution is -0.133. The smallest absolute Gasteiger partial charge is 0.228 e. The zero-order valence-corrected chi connectivity index (χ0v) is 10.9. The molecule has 1 N–H and O–H groups in total. The monoisotopic (exact) mass is 260 g/mol. The summed E-state index contributed by atoms with van der Waals surface area (Å²) in [6.45, 7) is 4.76. The van der Waals surface area contributed by atoms with Crippen molar-refractivity contribution in [3.63, 3.8) is 0 Å². The van der Waals surface area contributed by atoms with E-state index in [9.17, 15) is 4.79 Å². The fraction of sp³-hybridized carbons (Fsp3) is 0.545. The van der Waals surface area contributed by atoms with Crippen molar-refractivity contribution in [2.24, 2.45) is 0 Å². The van der Waals surface area contributed by atoms with Crippen molar-refractivity contribution >= 4 is 29.7 Å². The van der Waals surface area contributed by atoms with Gasteiger partial charge < -0.3 is 10.2 Å². The van der Waals surface area contributed by atoms with E-state index in [0.717, 1.165) is 24.5 Å². The van der Waals surface area contributed by atoms with Crippen LogP contribution in [0.25, 0.3) is 0 Å². The molecule has 3 nitrogen and oxygen atoms in total. The molecule has 1 aromatic heterocycles. The average Bonchev–Trinajstić information content (AvgIpc) is 2.71. The lowest BCUT2D eigenvalue weighted by Gasteiger charge is -2.34. The number of nitrogens with one attached hydrogen (secondary N) is 1. The topological polar surface area (TPSA) is 32.3 Å². The number of carbonyl (C=O) groups is 1. The van der Waals surface area contributed by atoms with Crippen molar-refractivity contribution in [3.8, 4) is 0 Å². The predicted molar refractivity (Wildman–Crippen MR) is 69.3 cm³/mol. The highest BCUT2D eigenvalue weighted by Crippen LogP contribution is 2.12. The first-order valence-electron chi connectivity index (χ1n) is 5.30. The molecule has 0 radical (unpaired) electrons. The van der Waals surface area contributed by atoms with Crippen molar-refractivity contribution in [1.82, 2.24) is 10.2 Å². The van der Waals surface area contributed by atoms with E-state index in [4.69, 9.17) is 0 Å². The van der Waals surface area contributed by atoms with Crippen LogP contribution < -0.4 is 5.32 Å². The minimum Gasteiger partial charge on any atom is -0.337 e. The van der Waals surface area contributed by atoms with E-state index in [0.29, 0.717) is 12.5 Å². The van der Waals surface area contributed by atoms with Crippen LogP contribution in [0.3, 0.4) is 0 Å². The number of rotatable bonds is 2. The van der Waals surface area contributed by atoms with Gasteiger partial charge in [0, 0.05) is 30.6 Å². The highest BCUT2D eigenvalue weighted by atomic mass is 35.5. The maximum Gasteiger partial charge on any atom is 0.228 e. The van der Waals surface area contributed by atoms with Crippen LogP contribution in [0.5, 0.6) is 0 Å². The minimum atomic E-state index is 0. The van der Waals surface area contributed by atoms with Crippen LogP contribution in [0.1, 0.15) is 11.8 Å². The molecule has 1 atom stereocenters. The van der Waals surface area contributed by atoms with Crippen LogP contribution in [0.2, 0.25) is 0 Å². The zero-order valence-electron chi connectivity index (χ0n) is 9.31. The van der Waals surface area contributed by atoms with E-state index < -0.39 is 0 Å². The number of thiophene rings is 1. The van der Waals surface area contributed by atoms with E-state index >= 15 is 0 Å². The Bertz CT molecular complexity index is 329. The Kier molecular flexibility index (Phi) is 5.25. The number of carbonyl (C=O) groups excluding carboxylic acids is 1. The summed E-state index contributed by atoms with van der Waals surface area (Å²) in [7, 11) is 0. The molecule has 0 saturated carbocycles. The number of nitrogens with zero attached hydrogens (tertiary/aromatic N) is 1. The van der Waals surface area contributed by atoms with E-state index in [1.807, 2.05) is 22.4 Å². The Morgan fingerprint density at radius 1 is 1.69 bits per heavy atom. The molecule has 1 saturated heterocycles.